The van der Waals surface area contributed by atoms with E-state index >= 15 is 0 Å². The number of hydrogen-bond donors (Lipinski definition) is 0. The summed E-state index contributed by atoms with van der Waals surface area (Å²) in [5.74, 6) is 0. The minimum absolute atomic E-state index is 0.242. The lowest BCUT2D eigenvalue weighted by molar-refractivity contribution is 0.276. The van der Waals surface area contributed by atoms with Gasteiger partial charge in [-0.25, -0.2) is 0 Å². The van der Waals surface area contributed by atoms with Gasteiger partial charge < -0.3 is 4.43 Å². The molecule has 0 bridgehead atoms. The Morgan fingerprint density at radius 1 is 1.00 bits per heavy atom. The van der Waals surface area contributed by atoms with Crippen molar-refractivity contribution in [3.05, 3.63) is 59.0 Å². The number of hydrogen-bond acceptors (Lipinski definition) is 2. The van der Waals surface area contributed by atoms with Crippen molar-refractivity contribution in [1.29, 1.82) is 0 Å². The molecule has 0 saturated carbocycles. The summed E-state index contributed by atoms with van der Waals surface area (Å²) in [5.41, 5.74) is 5.26. The van der Waals surface area contributed by atoms with Gasteiger partial charge in [-0.2, -0.15) is 0 Å². The first-order chi connectivity index (χ1) is 11.7. The van der Waals surface area contributed by atoms with E-state index in [1.165, 1.54) is 32.3 Å². The Morgan fingerprint density at radius 3 is 2.40 bits per heavy atom. The smallest absolute Gasteiger partial charge is 0.192 e. The minimum Gasteiger partial charge on any atom is -0.413 e. The van der Waals surface area contributed by atoms with Gasteiger partial charge in [0.25, 0.3) is 0 Å². The summed E-state index contributed by atoms with van der Waals surface area (Å²) in [4.78, 5) is 0. The monoisotopic (exact) mass is 368 g/mol. The summed E-state index contributed by atoms with van der Waals surface area (Å²) in [6, 6.07) is 15.4. The standard InChI is InChI=1S/C22H28OSSi/c1-16-9-7-8-10-18(16)20-15-24-21-12-11-17(13-19(20)21)14-23-25(5,6)22(2,3)4/h7-13,15H,14H2,1-6H3. The number of rotatable bonds is 4. The van der Waals surface area contributed by atoms with Crippen LogP contribution in [0.15, 0.2) is 47.8 Å². The summed E-state index contributed by atoms with van der Waals surface area (Å²) in [7, 11) is -1.72. The van der Waals surface area contributed by atoms with Crippen molar-refractivity contribution >= 4 is 29.7 Å². The van der Waals surface area contributed by atoms with Gasteiger partial charge in [-0.3, -0.25) is 0 Å². The van der Waals surface area contributed by atoms with Crippen LogP contribution in [0.25, 0.3) is 21.2 Å². The molecule has 0 spiro atoms. The zero-order valence-electron chi connectivity index (χ0n) is 16.1. The zero-order chi connectivity index (χ0) is 18.2. The van der Waals surface area contributed by atoms with Gasteiger partial charge >= 0.3 is 0 Å². The van der Waals surface area contributed by atoms with Crippen LogP contribution >= 0.6 is 11.3 Å². The molecule has 0 aliphatic carbocycles. The van der Waals surface area contributed by atoms with Crippen LogP contribution in [0.2, 0.25) is 18.1 Å². The van der Waals surface area contributed by atoms with Gasteiger partial charge in [0.05, 0.1) is 6.61 Å². The first-order valence-electron chi connectivity index (χ1n) is 8.89. The number of benzene rings is 2. The van der Waals surface area contributed by atoms with Crippen molar-refractivity contribution < 1.29 is 4.43 Å². The molecule has 0 N–H and O–H groups in total. The second-order valence-corrected chi connectivity index (χ2v) is 14.1. The molecule has 0 unspecified atom stereocenters. The molecule has 25 heavy (non-hydrogen) atoms. The van der Waals surface area contributed by atoms with Gasteiger partial charge in [0.15, 0.2) is 8.32 Å². The summed E-state index contributed by atoms with van der Waals surface area (Å²) in [6.45, 7) is 14.4. The molecule has 0 saturated heterocycles. The van der Waals surface area contributed by atoms with Crippen LogP contribution in [0.1, 0.15) is 31.9 Å². The highest BCUT2D eigenvalue weighted by atomic mass is 32.1. The predicted octanol–water partition coefficient (Wildman–Crippen LogP) is 7.40. The molecule has 3 rings (SSSR count). The molecule has 1 aromatic heterocycles. The van der Waals surface area contributed by atoms with E-state index in [0.717, 1.165) is 0 Å². The van der Waals surface area contributed by atoms with E-state index in [1.54, 1.807) is 0 Å². The van der Waals surface area contributed by atoms with Crippen molar-refractivity contribution in [2.45, 2.75) is 52.4 Å². The molecule has 132 valence electrons. The van der Waals surface area contributed by atoms with Crippen molar-refractivity contribution in [3.8, 4) is 11.1 Å². The number of thiophene rings is 1. The maximum atomic E-state index is 6.42. The summed E-state index contributed by atoms with van der Waals surface area (Å²) in [5, 5.41) is 3.87. The fourth-order valence-electron chi connectivity index (χ4n) is 2.73. The fourth-order valence-corrected chi connectivity index (χ4v) is 4.63. The molecular formula is C22H28OSSi. The van der Waals surface area contributed by atoms with Gasteiger partial charge in [0, 0.05) is 15.6 Å². The topological polar surface area (TPSA) is 9.23 Å². The molecule has 1 heterocycles. The lowest BCUT2D eigenvalue weighted by atomic mass is 9.99. The maximum absolute atomic E-state index is 6.42. The van der Waals surface area contributed by atoms with E-state index in [4.69, 9.17) is 4.43 Å². The number of aryl methyl sites for hydroxylation is 1. The second kappa shape index (κ2) is 6.71. The zero-order valence-corrected chi connectivity index (χ0v) is 18.0. The molecule has 0 fully saturated rings. The van der Waals surface area contributed by atoms with E-state index in [1.807, 2.05) is 11.3 Å². The molecule has 0 amide bonds. The van der Waals surface area contributed by atoms with Crippen LogP contribution in [0.5, 0.6) is 0 Å². The summed E-state index contributed by atoms with van der Waals surface area (Å²) < 4.78 is 7.76. The van der Waals surface area contributed by atoms with Crippen LogP contribution in [0.3, 0.4) is 0 Å². The van der Waals surface area contributed by atoms with Gasteiger partial charge in [-0.05, 0) is 59.3 Å². The van der Waals surface area contributed by atoms with Crippen LogP contribution in [0.4, 0.5) is 0 Å². The van der Waals surface area contributed by atoms with Gasteiger partial charge in [0.2, 0.25) is 0 Å². The van der Waals surface area contributed by atoms with E-state index < -0.39 is 8.32 Å². The van der Waals surface area contributed by atoms with Crippen LogP contribution in [-0.4, -0.2) is 8.32 Å². The Balaban J connectivity index is 1.93. The van der Waals surface area contributed by atoms with E-state index in [-0.39, 0.29) is 5.04 Å². The Kier molecular flexibility index (Phi) is 4.93. The van der Waals surface area contributed by atoms with Gasteiger partial charge in [-0.1, -0.05) is 51.1 Å². The Labute approximate surface area is 156 Å². The van der Waals surface area contributed by atoms with Gasteiger partial charge in [0.1, 0.15) is 0 Å². The SMILES string of the molecule is Cc1ccccc1-c1csc2ccc(CO[Si](C)(C)C(C)(C)C)cc12. The van der Waals surface area contributed by atoms with Crippen LogP contribution in [0, 0.1) is 6.92 Å². The highest BCUT2D eigenvalue weighted by Crippen LogP contribution is 2.38. The third-order valence-electron chi connectivity index (χ3n) is 5.48. The second-order valence-electron chi connectivity index (χ2n) is 8.34. The third-order valence-corrected chi connectivity index (χ3v) is 10.9. The van der Waals surface area contributed by atoms with Gasteiger partial charge in [-0.15, -0.1) is 11.3 Å². The molecule has 0 radical (unpaired) electrons. The normalized spacial score (nSPS) is 12.7. The Morgan fingerprint density at radius 2 is 1.72 bits per heavy atom. The lowest BCUT2D eigenvalue weighted by Crippen LogP contribution is -2.40. The minimum atomic E-state index is -1.72. The van der Waals surface area contributed by atoms with Crippen molar-refractivity contribution in [3.63, 3.8) is 0 Å². The Bertz CT molecular complexity index is 886. The first kappa shape index (κ1) is 18.4. The molecule has 3 heteroatoms. The lowest BCUT2D eigenvalue weighted by Gasteiger charge is -2.36. The van der Waals surface area contributed by atoms with E-state index in [2.05, 4.69) is 88.6 Å². The maximum Gasteiger partial charge on any atom is 0.192 e. The van der Waals surface area contributed by atoms with Crippen LogP contribution in [-0.2, 0) is 11.0 Å². The molecule has 1 nitrogen and oxygen atoms in total. The average molecular weight is 369 g/mol. The Hall–Kier alpha value is -1.42. The van der Waals surface area contributed by atoms with Crippen molar-refractivity contribution in [2.24, 2.45) is 0 Å². The highest BCUT2D eigenvalue weighted by molar-refractivity contribution is 7.17. The molecular weight excluding hydrogens is 340 g/mol. The van der Waals surface area contributed by atoms with E-state index in [0.29, 0.717) is 6.61 Å². The largest absolute Gasteiger partial charge is 0.413 e. The predicted molar refractivity (Wildman–Crippen MR) is 114 cm³/mol. The number of fused-ring (bicyclic) bond motifs is 1. The summed E-state index contributed by atoms with van der Waals surface area (Å²) >= 11 is 1.82. The molecule has 0 aliphatic rings. The third kappa shape index (κ3) is 3.74. The average Bonchev–Trinajstić information content (AvgIpc) is 2.95. The first-order valence-corrected chi connectivity index (χ1v) is 12.7. The quantitative estimate of drug-likeness (QED) is 0.436. The molecule has 0 aliphatic heterocycles. The summed E-state index contributed by atoms with van der Waals surface area (Å²) in [6.07, 6.45) is 0. The fraction of sp³-hybridized carbons (Fsp3) is 0.364. The molecule has 0 atom stereocenters. The van der Waals surface area contributed by atoms with Crippen molar-refractivity contribution in [2.75, 3.05) is 0 Å². The molecule has 3 aromatic rings. The van der Waals surface area contributed by atoms with E-state index in [9.17, 15) is 0 Å². The van der Waals surface area contributed by atoms with Crippen molar-refractivity contribution in [1.82, 2.24) is 0 Å². The van der Waals surface area contributed by atoms with Crippen LogP contribution < -0.4 is 0 Å². The molecule has 2 aromatic carbocycles. The highest BCUT2D eigenvalue weighted by Gasteiger charge is 2.37.